The third kappa shape index (κ3) is 3.36. The van der Waals surface area contributed by atoms with E-state index in [0.717, 1.165) is 25.7 Å². The maximum Gasteiger partial charge on any atom is 0.256 e. The number of aliphatic hydroxyl groups excluding tert-OH is 1. The zero-order valence-corrected chi connectivity index (χ0v) is 9.97. The summed E-state index contributed by atoms with van der Waals surface area (Å²) in [5.41, 5.74) is 0.207. The van der Waals surface area contributed by atoms with Crippen LogP contribution in [0.25, 0.3) is 0 Å². The summed E-state index contributed by atoms with van der Waals surface area (Å²) in [4.78, 5) is 11.8. The second-order valence-corrected chi connectivity index (χ2v) is 4.39. The molecular formula is C12H20N2O2. The van der Waals surface area contributed by atoms with Gasteiger partial charge in [-0.15, -0.1) is 0 Å². The topological polar surface area (TPSA) is 73.2 Å². The van der Waals surface area contributed by atoms with Crippen molar-refractivity contribution < 1.29 is 9.90 Å². The standard InChI is InChI=1S/C12H20N2O2/c1-8(13)11(9(2)15)12(16)14-10-6-4-3-5-7-10/h10,13,15H,3-7H2,1-2H3,(H,14,16)/b11-9+,13-8?. The van der Waals surface area contributed by atoms with Crippen LogP contribution in [0.1, 0.15) is 46.0 Å². The fourth-order valence-corrected chi connectivity index (χ4v) is 2.11. The van der Waals surface area contributed by atoms with E-state index in [1.165, 1.54) is 20.3 Å². The van der Waals surface area contributed by atoms with Crippen molar-refractivity contribution in [2.24, 2.45) is 0 Å². The predicted molar refractivity (Wildman–Crippen MR) is 63.7 cm³/mol. The van der Waals surface area contributed by atoms with Crippen molar-refractivity contribution in [3.05, 3.63) is 11.3 Å². The molecule has 1 saturated carbocycles. The lowest BCUT2D eigenvalue weighted by Gasteiger charge is -2.23. The lowest BCUT2D eigenvalue weighted by molar-refractivity contribution is -0.118. The molecule has 1 fully saturated rings. The van der Waals surface area contributed by atoms with Gasteiger partial charge in [0, 0.05) is 11.8 Å². The van der Waals surface area contributed by atoms with Gasteiger partial charge < -0.3 is 15.8 Å². The molecule has 0 bridgehead atoms. The molecule has 1 amide bonds. The van der Waals surface area contributed by atoms with Crippen molar-refractivity contribution in [2.45, 2.75) is 52.0 Å². The van der Waals surface area contributed by atoms with Crippen LogP contribution in [-0.4, -0.2) is 22.8 Å². The summed E-state index contributed by atoms with van der Waals surface area (Å²) in [6, 6.07) is 0.204. The average molecular weight is 224 g/mol. The number of carbonyl (C=O) groups excluding carboxylic acids is 1. The zero-order valence-electron chi connectivity index (χ0n) is 9.97. The van der Waals surface area contributed by atoms with E-state index >= 15 is 0 Å². The van der Waals surface area contributed by atoms with Crippen molar-refractivity contribution in [2.75, 3.05) is 0 Å². The first-order valence-electron chi connectivity index (χ1n) is 5.78. The number of nitrogens with one attached hydrogen (secondary N) is 2. The summed E-state index contributed by atoms with van der Waals surface area (Å²) in [7, 11) is 0. The van der Waals surface area contributed by atoms with E-state index in [0.29, 0.717) is 0 Å². The van der Waals surface area contributed by atoms with E-state index in [-0.39, 0.29) is 29.0 Å². The number of allylic oxidation sites excluding steroid dienone is 1. The Morgan fingerprint density at radius 2 is 1.81 bits per heavy atom. The van der Waals surface area contributed by atoms with Crippen molar-refractivity contribution in [1.82, 2.24) is 5.32 Å². The SMILES string of the molecule is CC(=N)/C(C(=O)NC1CCCCC1)=C(/C)O. The molecule has 0 unspecified atom stereocenters. The quantitative estimate of drug-likeness (QED) is 0.391. The Hall–Kier alpha value is -1.32. The van der Waals surface area contributed by atoms with Crippen LogP contribution >= 0.6 is 0 Å². The minimum Gasteiger partial charge on any atom is -0.512 e. The van der Waals surface area contributed by atoms with E-state index in [1.54, 1.807) is 0 Å². The number of hydrogen-bond acceptors (Lipinski definition) is 3. The molecule has 0 heterocycles. The highest BCUT2D eigenvalue weighted by molar-refractivity contribution is 6.19. The van der Waals surface area contributed by atoms with Gasteiger partial charge in [-0.3, -0.25) is 4.79 Å². The third-order valence-electron chi connectivity index (χ3n) is 2.90. The Morgan fingerprint density at radius 3 is 2.25 bits per heavy atom. The van der Waals surface area contributed by atoms with Crippen LogP contribution in [0.4, 0.5) is 0 Å². The van der Waals surface area contributed by atoms with Crippen molar-refractivity contribution >= 4 is 11.6 Å². The fourth-order valence-electron chi connectivity index (χ4n) is 2.11. The van der Waals surface area contributed by atoms with E-state index in [9.17, 15) is 9.90 Å². The van der Waals surface area contributed by atoms with Gasteiger partial charge in [-0.05, 0) is 26.7 Å². The van der Waals surface area contributed by atoms with Gasteiger partial charge in [-0.2, -0.15) is 0 Å². The highest BCUT2D eigenvalue weighted by Gasteiger charge is 2.20. The summed E-state index contributed by atoms with van der Waals surface area (Å²) in [5.74, 6) is -0.403. The van der Waals surface area contributed by atoms with Crippen LogP contribution in [0.2, 0.25) is 0 Å². The molecule has 1 aliphatic carbocycles. The van der Waals surface area contributed by atoms with Gasteiger partial charge >= 0.3 is 0 Å². The molecule has 4 nitrogen and oxygen atoms in total. The highest BCUT2D eigenvalue weighted by atomic mass is 16.3. The van der Waals surface area contributed by atoms with Crippen LogP contribution in [0, 0.1) is 5.41 Å². The van der Waals surface area contributed by atoms with Crippen LogP contribution < -0.4 is 5.32 Å². The lowest BCUT2D eigenvalue weighted by Crippen LogP contribution is -2.38. The van der Waals surface area contributed by atoms with E-state index < -0.39 is 0 Å². The van der Waals surface area contributed by atoms with Gasteiger partial charge in [0.25, 0.3) is 5.91 Å². The van der Waals surface area contributed by atoms with Gasteiger partial charge in [0.1, 0.15) is 5.76 Å². The smallest absolute Gasteiger partial charge is 0.256 e. The van der Waals surface area contributed by atoms with E-state index in [1.807, 2.05) is 0 Å². The second-order valence-electron chi connectivity index (χ2n) is 4.39. The summed E-state index contributed by atoms with van der Waals surface area (Å²) in [5, 5.41) is 19.7. The third-order valence-corrected chi connectivity index (χ3v) is 2.90. The van der Waals surface area contributed by atoms with E-state index in [2.05, 4.69) is 5.32 Å². The van der Waals surface area contributed by atoms with Crippen LogP contribution in [0.5, 0.6) is 0 Å². The largest absolute Gasteiger partial charge is 0.512 e. The maximum atomic E-state index is 11.8. The van der Waals surface area contributed by atoms with Crippen molar-refractivity contribution in [3.8, 4) is 0 Å². The Bertz CT molecular complexity index is 311. The molecule has 0 spiro atoms. The van der Waals surface area contributed by atoms with Crippen LogP contribution in [-0.2, 0) is 4.79 Å². The number of rotatable bonds is 3. The summed E-state index contributed by atoms with van der Waals surface area (Å²) < 4.78 is 0. The Kier molecular flexibility index (Phi) is 4.52. The number of aliphatic hydroxyl groups is 1. The molecule has 4 heteroatoms. The van der Waals surface area contributed by atoms with Crippen molar-refractivity contribution in [3.63, 3.8) is 0 Å². The molecule has 90 valence electrons. The second kappa shape index (κ2) is 5.68. The first-order chi connectivity index (χ1) is 7.52. The molecule has 0 aromatic rings. The molecule has 16 heavy (non-hydrogen) atoms. The predicted octanol–water partition coefficient (Wildman–Crippen LogP) is 2.31. The first kappa shape index (κ1) is 12.7. The number of hydrogen-bond donors (Lipinski definition) is 3. The van der Waals surface area contributed by atoms with E-state index in [4.69, 9.17) is 5.41 Å². The minimum absolute atomic E-state index is 0.0826. The number of amides is 1. The molecule has 0 saturated heterocycles. The van der Waals surface area contributed by atoms with Gasteiger partial charge in [0.2, 0.25) is 0 Å². The Labute approximate surface area is 96.2 Å². The van der Waals surface area contributed by atoms with Gasteiger partial charge in [0.05, 0.1) is 5.57 Å². The highest BCUT2D eigenvalue weighted by Crippen LogP contribution is 2.18. The molecule has 0 aromatic carbocycles. The first-order valence-corrected chi connectivity index (χ1v) is 5.78. The van der Waals surface area contributed by atoms with Crippen LogP contribution in [0.3, 0.4) is 0 Å². The Morgan fingerprint density at radius 1 is 1.25 bits per heavy atom. The maximum absolute atomic E-state index is 11.8. The molecule has 0 atom stereocenters. The fraction of sp³-hybridized carbons (Fsp3) is 0.667. The monoisotopic (exact) mass is 224 g/mol. The van der Waals surface area contributed by atoms with Gasteiger partial charge in [0.15, 0.2) is 0 Å². The molecule has 1 aliphatic rings. The normalized spacial score (nSPS) is 18.9. The summed E-state index contributed by atoms with van der Waals surface area (Å²) >= 11 is 0. The molecule has 0 radical (unpaired) electrons. The molecular weight excluding hydrogens is 204 g/mol. The molecule has 3 N–H and O–H groups in total. The molecule has 1 rings (SSSR count). The summed E-state index contributed by atoms with van der Waals surface area (Å²) in [6.07, 6.45) is 5.52. The number of carbonyl (C=O) groups is 1. The van der Waals surface area contributed by atoms with Crippen molar-refractivity contribution in [1.29, 1.82) is 5.41 Å². The minimum atomic E-state index is -0.320. The molecule has 0 aliphatic heterocycles. The molecule has 0 aromatic heterocycles. The zero-order chi connectivity index (χ0) is 12.1. The van der Waals surface area contributed by atoms with Gasteiger partial charge in [-0.25, -0.2) is 0 Å². The summed E-state index contributed by atoms with van der Waals surface area (Å²) in [6.45, 7) is 2.95. The Balaban J connectivity index is 2.62. The van der Waals surface area contributed by atoms with Gasteiger partial charge in [-0.1, -0.05) is 19.3 Å². The lowest BCUT2D eigenvalue weighted by atomic mass is 9.95. The average Bonchev–Trinajstić information content (AvgIpc) is 2.17. The van der Waals surface area contributed by atoms with Crippen LogP contribution in [0.15, 0.2) is 11.3 Å².